The molecule has 0 unspecified atom stereocenters. The second-order valence-electron chi connectivity index (χ2n) is 6.02. The van der Waals surface area contributed by atoms with Gasteiger partial charge in [0, 0.05) is 6.07 Å². The number of nitrogens with one attached hydrogen (secondary N) is 1. The quantitative estimate of drug-likeness (QED) is 0.563. The summed E-state index contributed by atoms with van der Waals surface area (Å²) in [5.41, 5.74) is 0.315. The van der Waals surface area contributed by atoms with E-state index in [0.29, 0.717) is 0 Å². The number of hydrogen-bond acceptors (Lipinski definition) is 6. The zero-order valence-corrected chi connectivity index (χ0v) is 16.7. The molecule has 1 aromatic heterocycles. The van der Waals surface area contributed by atoms with E-state index in [9.17, 15) is 18.3 Å². The number of aliphatic hydroxyl groups is 1. The summed E-state index contributed by atoms with van der Waals surface area (Å²) in [7, 11) is -3.92. The van der Waals surface area contributed by atoms with E-state index in [0.717, 1.165) is 11.6 Å². The smallest absolute Gasteiger partial charge is 0.242 e. The molecule has 0 aliphatic carbocycles. The summed E-state index contributed by atoms with van der Waals surface area (Å²) >= 11 is 5.93. The molecule has 0 radical (unpaired) electrons. The summed E-state index contributed by atoms with van der Waals surface area (Å²) in [5.74, 6) is -0.170. The van der Waals surface area contributed by atoms with Gasteiger partial charge in [0.1, 0.15) is 23.9 Å². The predicted octanol–water partition coefficient (Wildman–Crippen LogP) is 2.84. The van der Waals surface area contributed by atoms with Crippen molar-refractivity contribution in [3.63, 3.8) is 0 Å². The molecule has 0 spiro atoms. The van der Waals surface area contributed by atoms with E-state index in [4.69, 9.17) is 20.8 Å². The molecule has 29 heavy (non-hydrogen) atoms. The van der Waals surface area contributed by atoms with E-state index in [2.05, 4.69) is 4.72 Å². The van der Waals surface area contributed by atoms with Crippen molar-refractivity contribution in [2.75, 3.05) is 0 Å². The van der Waals surface area contributed by atoms with Crippen molar-refractivity contribution in [1.82, 2.24) is 4.72 Å². The van der Waals surface area contributed by atoms with Crippen molar-refractivity contribution >= 4 is 21.6 Å². The maximum Gasteiger partial charge on any atom is 0.242 e. The Labute approximate surface area is 172 Å². The average Bonchev–Trinajstić information content (AvgIpc) is 2.72. The molecule has 0 saturated carbocycles. The van der Waals surface area contributed by atoms with Gasteiger partial charge in [0.05, 0.1) is 11.6 Å². The third kappa shape index (κ3) is 5.24. The molecular weight excluding hydrogens is 418 g/mol. The first-order valence-electron chi connectivity index (χ1n) is 8.58. The zero-order valence-electron chi connectivity index (χ0n) is 15.2. The molecule has 2 N–H and O–H groups in total. The third-order valence-electron chi connectivity index (χ3n) is 3.96. The minimum absolute atomic E-state index is 0.0294. The molecule has 3 rings (SSSR count). The molecule has 2 aromatic carbocycles. The van der Waals surface area contributed by atoms with Crippen LogP contribution < -0.4 is 14.9 Å². The molecule has 1 heterocycles. The topological polar surface area (TPSA) is 106 Å². The van der Waals surface area contributed by atoms with Gasteiger partial charge >= 0.3 is 0 Å². The number of hydrogen-bond donors (Lipinski definition) is 2. The Morgan fingerprint density at radius 1 is 1.07 bits per heavy atom. The van der Waals surface area contributed by atoms with Crippen LogP contribution in [-0.2, 0) is 29.8 Å². The molecule has 0 fully saturated rings. The standard InChI is InChI=1S/C20H18ClNO6S/c21-16-8-4-5-9-19(16)29(25,26)22-11-15-10-17(24)20(18(12-23)28-15)27-13-14-6-2-1-3-7-14/h1-10,22-23H,11-13H2. The number of sulfonamides is 1. The van der Waals surface area contributed by atoms with Crippen LogP contribution >= 0.6 is 11.6 Å². The molecule has 7 nitrogen and oxygen atoms in total. The summed E-state index contributed by atoms with van der Waals surface area (Å²) in [6.07, 6.45) is 0. The van der Waals surface area contributed by atoms with Crippen molar-refractivity contribution in [3.05, 3.63) is 93.0 Å². The normalized spacial score (nSPS) is 11.4. The van der Waals surface area contributed by atoms with Crippen molar-refractivity contribution in [2.24, 2.45) is 0 Å². The second-order valence-corrected chi connectivity index (χ2v) is 8.16. The summed E-state index contributed by atoms with van der Waals surface area (Å²) < 4.78 is 38.1. The molecule has 9 heteroatoms. The highest BCUT2D eigenvalue weighted by atomic mass is 35.5. The molecule has 0 aliphatic rings. The van der Waals surface area contributed by atoms with E-state index in [1.54, 1.807) is 12.1 Å². The Bertz CT molecular complexity index is 1150. The van der Waals surface area contributed by atoms with E-state index in [-0.39, 0.29) is 40.3 Å². The minimum Gasteiger partial charge on any atom is -0.482 e. The SMILES string of the molecule is O=c1cc(CNS(=O)(=O)c2ccccc2Cl)oc(CO)c1OCc1ccccc1. The Kier molecular flexibility index (Phi) is 6.71. The van der Waals surface area contributed by atoms with Gasteiger partial charge in [-0.2, -0.15) is 0 Å². The first-order valence-corrected chi connectivity index (χ1v) is 10.4. The van der Waals surface area contributed by atoms with Crippen LogP contribution in [0.25, 0.3) is 0 Å². The Hall–Kier alpha value is -2.65. The van der Waals surface area contributed by atoms with Crippen LogP contribution in [0.5, 0.6) is 5.75 Å². The highest BCUT2D eigenvalue weighted by molar-refractivity contribution is 7.89. The van der Waals surface area contributed by atoms with Crippen molar-refractivity contribution in [2.45, 2.75) is 24.7 Å². The van der Waals surface area contributed by atoms with Crippen LogP contribution in [0.4, 0.5) is 0 Å². The van der Waals surface area contributed by atoms with Crippen molar-refractivity contribution < 1.29 is 22.7 Å². The maximum atomic E-state index is 12.4. The van der Waals surface area contributed by atoms with E-state index < -0.39 is 22.1 Å². The highest BCUT2D eigenvalue weighted by Crippen LogP contribution is 2.21. The molecule has 0 bridgehead atoms. The van der Waals surface area contributed by atoms with Gasteiger partial charge in [-0.25, -0.2) is 13.1 Å². The summed E-state index contributed by atoms with van der Waals surface area (Å²) in [6.45, 7) is -0.754. The average molecular weight is 436 g/mol. The van der Waals surface area contributed by atoms with Gasteiger partial charge in [0.15, 0.2) is 5.76 Å². The molecular formula is C20H18ClNO6S. The third-order valence-corrected chi connectivity index (χ3v) is 5.86. The van der Waals surface area contributed by atoms with Gasteiger partial charge in [-0.15, -0.1) is 0 Å². The fourth-order valence-electron chi connectivity index (χ4n) is 2.56. The lowest BCUT2D eigenvalue weighted by Gasteiger charge is -2.11. The number of aliphatic hydroxyl groups excluding tert-OH is 1. The fourth-order valence-corrected chi connectivity index (χ4v) is 4.07. The number of ether oxygens (including phenoxy) is 1. The molecule has 0 aliphatic heterocycles. The number of halogens is 1. The minimum atomic E-state index is -3.92. The van der Waals surface area contributed by atoms with Crippen LogP contribution in [0.1, 0.15) is 17.1 Å². The summed E-state index contributed by atoms with van der Waals surface area (Å²) in [6, 6.07) is 16.3. The Morgan fingerprint density at radius 3 is 2.45 bits per heavy atom. The van der Waals surface area contributed by atoms with Crippen LogP contribution in [0.2, 0.25) is 5.02 Å². The zero-order chi connectivity index (χ0) is 20.9. The molecule has 0 atom stereocenters. The lowest BCUT2D eigenvalue weighted by molar-refractivity contribution is 0.213. The number of benzene rings is 2. The van der Waals surface area contributed by atoms with Gasteiger partial charge < -0.3 is 14.3 Å². The van der Waals surface area contributed by atoms with Crippen LogP contribution in [0.15, 0.2) is 74.8 Å². The van der Waals surface area contributed by atoms with Crippen molar-refractivity contribution in [3.8, 4) is 5.75 Å². The van der Waals surface area contributed by atoms with Gasteiger partial charge in [-0.1, -0.05) is 54.1 Å². The lowest BCUT2D eigenvalue weighted by atomic mass is 10.2. The first-order chi connectivity index (χ1) is 13.9. The van der Waals surface area contributed by atoms with Gasteiger partial charge in [-0.05, 0) is 17.7 Å². The predicted molar refractivity (Wildman–Crippen MR) is 107 cm³/mol. The molecule has 0 saturated heterocycles. The van der Waals surface area contributed by atoms with Gasteiger partial charge in [-0.3, -0.25) is 4.79 Å². The summed E-state index contributed by atoms with van der Waals surface area (Å²) in [4.78, 5) is 12.3. The molecule has 3 aromatic rings. The second kappa shape index (κ2) is 9.23. The van der Waals surface area contributed by atoms with Gasteiger partial charge in [0.25, 0.3) is 0 Å². The van der Waals surface area contributed by atoms with Crippen molar-refractivity contribution in [1.29, 1.82) is 0 Å². The van der Waals surface area contributed by atoms with E-state index in [1.807, 2.05) is 30.3 Å². The fraction of sp³-hybridized carbons (Fsp3) is 0.150. The Morgan fingerprint density at radius 2 is 1.76 bits per heavy atom. The van der Waals surface area contributed by atoms with Gasteiger partial charge in [0.2, 0.25) is 21.2 Å². The molecule has 152 valence electrons. The summed E-state index contributed by atoms with van der Waals surface area (Å²) in [5, 5.41) is 9.61. The first kappa shape index (κ1) is 21.1. The van der Waals surface area contributed by atoms with Crippen LogP contribution in [0.3, 0.4) is 0 Å². The van der Waals surface area contributed by atoms with E-state index >= 15 is 0 Å². The number of rotatable bonds is 8. The van der Waals surface area contributed by atoms with E-state index in [1.165, 1.54) is 12.1 Å². The highest BCUT2D eigenvalue weighted by Gasteiger charge is 2.19. The van der Waals surface area contributed by atoms with Crippen LogP contribution in [-0.4, -0.2) is 13.5 Å². The Balaban J connectivity index is 1.76. The maximum absolute atomic E-state index is 12.4. The largest absolute Gasteiger partial charge is 0.482 e. The molecule has 0 amide bonds. The monoisotopic (exact) mass is 435 g/mol. The van der Waals surface area contributed by atoms with Crippen LogP contribution in [0, 0.1) is 0 Å². The lowest BCUT2D eigenvalue weighted by Crippen LogP contribution is -2.24.